The third-order valence-electron chi connectivity index (χ3n) is 2.63. The van der Waals surface area contributed by atoms with Gasteiger partial charge in [-0.3, -0.25) is 0 Å². The second-order valence-corrected chi connectivity index (χ2v) is 6.44. The van der Waals surface area contributed by atoms with Crippen molar-refractivity contribution in [2.75, 3.05) is 10.8 Å². The van der Waals surface area contributed by atoms with E-state index in [1.165, 1.54) is 0 Å². The number of carboxylic acid groups (broad SMARTS) is 1. The van der Waals surface area contributed by atoms with Gasteiger partial charge in [0.05, 0.1) is 5.69 Å². The number of rotatable bonds is 2. The largest absolute Gasteiger partial charge is 0.480 e. The van der Waals surface area contributed by atoms with Crippen LogP contribution in [-0.4, -0.2) is 32.1 Å². The molecule has 1 aromatic carbocycles. The van der Waals surface area contributed by atoms with Crippen LogP contribution in [0.1, 0.15) is 5.56 Å². The van der Waals surface area contributed by atoms with E-state index < -0.39 is 22.2 Å². The van der Waals surface area contributed by atoms with Crippen molar-refractivity contribution in [1.82, 2.24) is 4.72 Å². The van der Waals surface area contributed by atoms with E-state index in [2.05, 4.69) is 20.7 Å². The number of carboxylic acids is 1. The molecule has 0 aromatic heterocycles. The Morgan fingerprint density at radius 1 is 1.56 bits per heavy atom. The first-order valence-corrected chi connectivity index (χ1v) is 7.34. The predicted molar refractivity (Wildman–Crippen MR) is 69.7 cm³/mol. The molecule has 2 N–H and O–H groups in total. The van der Waals surface area contributed by atoms with Crippen LogP contribution in [0.5, 0.6) is 0 Å². The number of halogens is 1. The topological polar surface area (TPSA) is 86.7 Å². The van der Waals surface area contributed by atoms with Crippen LogP contribution in [-0.2, 0) is 15.0 Å². The molecular formula is C10H11BrN2O4S. The van der Waals surface area contributed by atoms with Crippen LogP contribution in [0, 0.1) is 6.92 Å². The van der Waals surface area contributed by atoms with Crippen molar-refractivity contribution in [3.63, 3.8) is 0 Å². The summed E-state index contributed by atoms with van der Waals surface area (Å²) in [5.74, 6) is -1.18. The van der Waals surface area contributed by atoms with Crippen LogP contribution in [0.15, 0.2) is 22.7 Å². The Morgan fingerprint density at radius 3 is 2.78 bits per heavy atom. The summed E-state index contributed by atoms with van der Waals surface area (Å²) in [5, 5.41) is 9.06. The number of benzene rings is 1. The van der Waals surface area contributed by atoms with Gasteiger partial charge in [0.2, 0.25) is 0 Å². The maximum Gasteiger partial charge on any atom is 0.328 e. The molecule has 0 bridgehead atoms. The van der Waals surface area contributed by atoms with Crippen molar-refractivity contribution in [1.29, 1.82) is 0 Å². The predicted octanol–water partition coefficient (Wildman–Crippen LogP) is 0.865. The Hall–Kier alpha value is -1.12. The zero-order valence-corrected chi connectivity index (χ0v) is 11.8. The Labute approximate surface area is 113 Å². The fourth-order valence-corrected chi connectivity index (χ4v) is 4.01. The minimum Gasteiger partial charge on any atom is -0.480 e. The Bertz CT molecular complexity index is 602. The minimum absolute atomic E-state index is 0.141. The summed E-state index contributed by atoms with van der Waals surface area (Å²) in [6.45, 7) is 1.72. The highest BCUT2D eigenvalue weighted by molar-refractivity contribution is 9.10. The van der Waals surface area contributed by atoms with Crippen molar-refractivity contribution in [3.05, 3.63) is 28.2 Å². The summed E-state index contributed by atoms with van der Waals surface area (Å²) >= 11 is 3.26. The molecule has 1 aliphatic heterocycles. The van der Waals surface area contributed by atoms with Gasteiger partial charge in [0.25, 0.3) is 0 Å². The zero-order chi connectivity index (χ0) is 13.5. The van der Waals surface area contributed by atoms with Crippen LogP contribution in [0.3, 0.4) is 0 Å². The summed E-state index contributed by atoms with van der Waals surface area (Å²) in [4.78, 5) is 11.1. The number of carbonyl (C=O) groups is 1. The van der Waals surface area contributed by atoms with Crippen molar-refractivity contribution in [2.24, 2.45) is 0 Å². The van der Waals surface area contributed by atoms with E-state index in [-0.39, 0.29) is 6.54 Å². The third-order valence-corrected chi connectivity index (χ3v) is 4.76. The molecule has 8 heteroatoms. The van der Waals surface area contributed by atoms with E-state index in [9.17, 15) is 13.2 Å². The van der Waals surface area contributed by atoms with Crippen LogP contribution >= 0.6 is 15.9 Å². The number of nitrogens with one attached hydrogen (secondary N) is 1. The van der Waals surface area contributed by atoms with E-state index in [0.29, 0.717) is 10.2 Å². The molecule has 0 saturated carbocycles. The normalized spacial score (nSPS) is 22.1. The first-order valence-electron chi connectivity index (χ1n) is 5.11. The maximum atomic E-state index is 11.8. The Balaban J connectivity index is 2.55. The van der Waals surface area contributed by atoms with Crippen LogP contribution < -0.4 is 9.03 Å². The minimum atomic E-state index is -3.80. The molecule has 1 heterocycles. The summed E-state index contributed by atoms with van der Waals surface area (Å²) in [5.41, 5.74) is 1.26. The number of nitrogens with zero attached hydrogens (tertiary/aromatic N) is 1. The van der Waals surface area contributed by atoms with Gasteiger partial charge in [-0.25, -0.2) is 9.10 Å². The molecule has 0 spiro atoms. The fourth-order valence-electron chi connectivity index (χ4n) is 1.78. The number of anilines is 1. The van der Waals surface area contributed by atoms with Crippen LogP contribution in [0.4, 0.5) is 5.69 Å². The van der Waals surface area contributed by atoms with Crippen molar-refractivity contribution < 1.29 is 18.3 Å². The van der Waals surface area contributed by atoms with E-state index >= 15 is 0 Å². The zero-order valence-electron chi connectivity index (χ0n) is 9.42. The second kappa shape index (κ2) is 4.52. The molecule has 1 atom stereocenters. The number of hydrogen-bond donors (Lipinski definition) is 2. The Morgan fingerprint density at radius 2 is 2.22 bits per heavy atom. The van der Waals surface area contributed by atoms with E-state index in [4.69, 9.17) is 5.11 Å². The lowest BCUT2D eigenvalue weighted by atomic mass is 10.2. The summed E-state index contributed by atoms with van der Waals surface area (Å²) < 4.78 is 27.3. The molecular weight excluding hydrogens is 324 g/mol. The van der Waals surface area contributed by atoms with Gasteiger partial charge in [-0.2, -0.15) is 13.1 Å². The first-order chi connectivity index (χ1) is 8.33. The lowest BCUT2D eigenvalue weighted by molar-refractivity contribution is -0.137. The molecule has 1 aromatic rings. The SMILES string of the molecule is Cc1ccc(N2C(C(=O)O)CNS2(=O)=O)c(Br)c1. The molecule has 1 aliphatic rings. The Kier molecular flexibility index (Phi) is 3.35. The summed E-state index contributed by atoms with van der Waals surface area (Å²) in [6.07, 6.45) is 0. The number of hydrogen-bond acceptors (Lipinski definition) is 3. The lowest BCUT2D eigenvalue weighted by Crippen LogP contribution is -2.40. The molecule has 98 valence electrons. The molecule has 6 nitrogen and oxygen atoms in total. The van der Waals surface area contributed by atoms with Gasteiger partial charge in [-0.05, 0) is 40.5 Å². The van der Waals surface area contributed by atoms with Crippen molar-refractivity contribution >= 4 is 37.8 Å². The lowest BCUT2D eigenvalue weighted by Gasteiger charge is -2.22. The summed E-state index contributed by atoms with van der Waals surface area (Å²) in [6, 6.07) is 3.92. The van der Waals surface area contributed by atoms with Gasteiger partial charge < -0.3 is 5.11 Å². The molecule has 0 radical (unpaired) electrons. The van der Waals surface area contributed by atoms with Gasteiger partial charge >= 0.3 is 16.2 Å². The maximum absolute atomic E-state index is 11.8. The van der Waals surface area contributed by atoms with Gasteiger partial charge in [-0.1, -0.05) is 6.07 Å². The standard InChI is InChI=1S/C10H11BrN2O4S/c1-6-2-3-8(7(11)4-6)13-9(10(14)15)5-12-18(13,16)17/h2-4,9,12H,5H2,1H3,(H,14,15). The molecule has 0 amide bonds. The quantitative estimate of drug-likeness (QED) is 0.839. The third kappa shape index (κ3) is 2.23. The smallest absolute Gasteiger partial charge is 0.328 e. The van der Waals surface area contributed by atoms with Crippen LogP contribution in [0.2, 0.25) is 0 Å². The van der Waals surface area contributed by atoms with Gasteiger partial charge in [0, 0.05) is 11.0 Å². The highest BCUT2D eigenvalue weighted by Crippen LogP contribution is 2.32. The van der Waals surface area contributed by atoms with Crippen LogP contribution in [0.25, 0.3) is 0 Å². The fraction of sp³-hybridized carbons (Fsp3) is 0.300. The second-order valence-electron chi connectivity index (χ2n) is 3.96. The average Bonchev–Trinajstić information content (AvgIpc) is 2.55. The molecule has 0 aliphatic carbocycles. The van der Waals surface area contributed by atoms with Gasteiger partial charge in [0.1, 0.15) is 0 Å². The van der Waals surface area contributed by atoms with Crippen molar-refractivity contribution in [2.45, 2.75) is 13.0 Å². The molecule has 18 heavy (non-hydrogen) atoms. The van der Waals surface area contributed by atoms with E-state index in [1.807, 2.05) is 6.92 Å². The summed E-state index contributed by atoms with van der Waals surface area (Å²) in [7, 11) is -3.80. The highest BCUT2D eigenvalue weighted by atomic mass is 79.9. The van der Waals surface area contributed by atoms with Gasteiger partial charge in [-0.15, -0.1) is 0 Å². The monoisotopic (exact) mass is 334 g/mol. The average molecular weight is 335 g/mol. The number of aryl methyl sites for hydroxylation is 1. The molecule has 2 rings (SSSR count). The molecule has 1 unspecified atom stereocenters. The van der Waals surface area contributed by atoms with E-state index in [0.717, 1.165) is 9.87 Å². The molecule has 1 saturated heterocycles. The molecule has 1 fully saturated rings. The van der Waals surface area contributed by atoms with Crippen molar-refractivity contribution in [3.8, 4) is 0 Å². The first kappa shape index (κ1) is 13.3. The van der Waals surface area contributed by atoms with E-state index in [1.54, 1.807) is 18.2 Å². The van der Waals surface area contributed by atoms with Gasteiger partial charge in [0.15, 0.2) is 6.04 Å². The number of aliphatic carboxylic acids is 1. The highest BCUT2D eigenvalue weighted by Gasteiger charge is 2.42.